The summed E-state index contributed by atoms with van der Waals surface area (Å²) in [4.78, 5) is 0. The van der Waals surface area contributed by atoms with Crippen LogP contribution in [0, 0.1) is 0 Å². The molecule has 6 nitrogen and oxygen atoms in total. The number of morpholine rings is 1. The Hall–Kier alpha value is -0.440. The van der Waals surface area contributed by atoms with Crippen LogP contribution in [-0.2, 0) is 21.8 Å². The quantitative estimate of drug-likeness (QED) is 0.746. The lowest BCUT2D eigenvalue weighted by Gasteiger charge is -2.31. The second-order valence-corrected chi connectivity index (χ2v) is 6.34. The summed E-state index contributed by atoms with van der Waals surface area (Å²) in [6, 6.07) is 1.51. The molecule has 1 aromatic rings. The van der Waals surface area contributed by atoms with Gasteiger partial charge in [-0.2, -0.15) is 9.40 Å². The van der Waals surface area contributed by atoms with E-state index in [4.69, 9.17) is 4.74 Å². The monoisotopic (exact) mass is 323 g/mol. The van der Waals surface area contributed by atoms with Gasteiger partial charge < -0.3 is 4.74 Å². The standard InChI is InChI=1S/C9H14BrN3O3S/c1-12-9(2-3-11-12)17(14,15)13-4-5-16-8(6-10)7-13/h2-3,8H,4-7H2,1H3. The van der Waals surface area contributed by atoms with E-state index in [1.54, 1.807) is 7.05 Å². The Morgan fingerprint density at radius 2 is 2.41 bits per heavy atom. The van der Waals surface area contributed by atoms with Crippen LogP contribution in [-0.4, -0.2) is 53.6 Å². The summed E-state index contributed by atoms with van der Waals surface area (Å²) in [5, 5.41) is 4.73. The highest BCUT2D eigenvalue weighted by Crippen LogP contribution is 2.18. The van der Waals surface area contributed by atoms with Crippen molar-refractivity contribution >= 4 is 26.0 Å². The molecule has 0 aromatic carbocycles. The molecule has 1 atom stereocenters. The number of alkyl halides is 1. The Morgan fingerprint density at radius 1 is 1.65 bits per heavy atom. The molecule has 8 heteroatoms. The van der Waals surface area contributed by atoms with Crippen LogP contribution in [0.2, 0.25) is 0 Å². The first-order chi connectivity index (χ1) is 8.05. The van der Waals surface area contributed by atoms with E-state index in [-0.39, 0.29) is 11.1 Å². The van der Waals surface area contributed by atoms with Gasteiger partial charge in [0.25, 0.3) is 10.0 Å². The van der Waals surface area contributed by atoms with Crippen LogP contribution in [0.5, 0.6) is 0 Å². The SMILES string of the molecule is Cn1nccc1S(=O)(=O)N1CCOC(CBr)C1. The molecule has 2 heterocycles. The van der Waals surface area contributed by atoms with Crippen molar-refractivity contribution in [2.75, 3.05) is 25.0 Å². The zero-order valence-electron chi connectivity index (χ0n) is 9.41. The minimum Gasteiger partial charge on any atom is -0.375 e. The molecular formula is C9H14BrN3O3S. The second kappa shape index (κ2) is 5.05. The molecule has 1 saturated heterocycles. The highest BCUT2D eigenvalue weighted by Gasteiger charge is 2.31. The highest BCUT2D eigenvalue weighted by atomic mass is 79.9. The number of halogens is 1. The summed E-state index contributed by atoms with van der Waals surface area (Å²) in [7, 11) is -1.84. The van der Waals surface area contributed by atoms with Gasteiger partial charge in [0.15, 0.2) is 5.03 Å². The van der Waals surface area contributed by atoms with Gasteiger partial charge >= 0.3 is 0 Å². The number of sulfonamides is 1. The molecule has 0 spiro atoms. The third kappa shape index (κ3) is 2.54. The molecule has 96 valence electrons. The zero-order chi connectivity index (χ0) is 12.5. The van der Waals surface area contributed by atoms with E-state index < -0.39 is 10.0 Å². The van der Waals surface area contributed by atoms with Crippen LogP contribution in [0.25, 0.3) is 0 Å². The zero-order valence-corrected chi connectivity index (χ0v) is 11.8. The van der Waals surface area contributed by atoms with Gasteiger partial charge in [-0.25, -0.2) is 8.42 Å². The maximum atomic E-state index is 12.3. The Balaban J connectivity index is 2.24. The normalized spacial score (nSPS) is 22.8. The molecule has 1 unspecified atom stereocenters. The number of hydrogen-bond acceptors (Lipinski definition) is 4. The fourth-order valence-corrected chi connectivity index (χ4v) is 3.70. The van der Waals surface area contributed by atoms with E-state index in [0.29, 0.717) is 25.0 Å². The molecule has 0 amide bonds. The van der Waals surface area contributed by atoms with Crippen molar-refractivity contribution < 1.29 is 13.2 Å². The molecule has 1 aliphatic heterocycles. The number of hydrogen-bond donors (Lipinski definition) is 0. The summed E-state index contributed by atoms with van der Waals surface area (Å²) in [5.74, 6) is 0. The van der Waals surface area contributed by atoms with Crippen LogP contribution < -0.4 is 0 Å². The molecular weight excluding hydrogens is 310 g/mol. The minimum atomic E-state index is -3.46. The lowest BCUT2D eigenvalue weighted by Crippen LogP contribution is -2.46. The van der Waals surface area contributed by atoms with E-state index in [9.17, 15) is 8.42 Å². The van der Waals surface area contributed by atoms with Gasteiger partial charge in [-0.3, -0.25) is 4.68 Å². The Bertz CT molecular complexity index is 487. The van der Waals surface area contributed by atoms with Crippen molar-refractivity contribution in [2.45, 2.75) is 11.1 Å². The molecule has 0 aliphatic carbocycles. The van der Waals surface area contributed by atoms with Gasteiger partial charge in [-0.05, 0) is 6.07 Å². The van der Waals surface area contributed by atoms with Gasteiger partial charge in [0.2, 0.25) is 0 Å². The lowest BCUT2D eigenvalue weighted by molar-refractivity contribution is 0.0135. The number of aryl methyl sites for hydroxylation is 1. The van der Waals surface area contributed by atoms with Crippen LogP contribution >= 0.6 is 15.9 Å². The largest absolute Gasteiger partial charge is 0.375 e. The second-order valence-electron chi connectivity index (χ2n) is 3.80. The fraction of sp³-hybridized carbons (Fsp3) is 0.667. The van der Waals surface area contributed by atoms with Gasteiger partial charge in [0.1, 0.15) is 0 Å². The highest BCUT2D eigenvalue weighted by molar-refractivity contribution is 9.09. The summed E-state index contributed by atoms with van der Waals surface area (Å²) in [5.41, 5.74) is 0. The lowest BCUT2D eigenvalue weighted by atomic mass is 10.3. The number of rotatable bonds is 3. The van der Waals surface area contributed by atoms with Crippen molar-refractivity contribution in [3.63, 3.8) is 0 Å². The molecule has 0 radical (unpaired) electrons. The summed E-state index contributed by atoms with van der Waals surface area (Å²) >= 11 is 3.30. The number of nitrogens with zero attached hydrogens (tertiary/aromatic N) is 3. The average molecular weight is 324 g/mol. The van der Waals surface area contributed by atoms with Crippen molar-refractivity contribution in [3.8, 4) is 0 Å². The molecule has 0 N–H and O–H groups in total. The number of ether oxygens (including phenoxy) is 1. The van der Waals surface area contributed by atoms with E-state index in [1.807, 2.05) is 0 Å². The minimum absolute atomic E-state index is 0.0910. The number of aromatic nitrogens is 2. The molecule has 2 rings (SSSR count). The molecule has 1 fully saturated rings. The molecule has 1 aromatic heterocycles. The molecule has 0 bridgehead atoms. The van der Waals surface area contributed by atoms with Crippen LogP contribution in [0.1, 0.15) is 0 Å². The molecule has 1 aliphatic rings. The first-order valence-electron chi connectivity index (χ1n) is 5.21. The third-order valence-corrected chi connectivity index (χ3v) is 5.32. The maximum Gasteiger partial charge on any atom is 0.260 e. The molecule has 0 saturated carbocycles. The van der Waals surface area contributed by atoms with Crippen molar-refractivity contribution in [2.24, 2.45) is 7.05 Å². The van der Waals surface area contributed by atoms with Crippen LogP contribution in [0.4, 0.5) is 0 Å². The maximum absolute atomic E-state index is 12.3. The van der Waals surface area contributed by atoms with E-state index in [2.05, 4.69) is 21.0 Å². The Labute approximate surface area is 109 Å². The van der Waals surface area contributed by atoms with Crippen molar-refractivity contribution in [3.05, 3.63) is 12.3 Å². The van der Waals surface area contributed by atoms with Crippen molar-refractivity contribution in [1.82, 2.24) is 14.1 Å². The topological polar surface area (TPSA) is 64.4 Å². The van der Waals surface area contributed by atoms with Gasteiger partial charge in [-0.15, -0.1) is 0 Å². The van der Waals surface area contributed by atoms with Crippen molar-refractivity contribution in [1.29, 1.82) is 0 Å². The van der Waals surface area contributed by atoms with Crippen LogP contribution in [0.15, 0.2) is 17.3 Å². The summed E-state index contributed by atoms with van der Waals surface area (Å²) in [6.07, 6.45) is 1.39. The first-order valence-corrected chi connectivity index (χ1v) is 7.77. The van der Waals surface area contributed by atoms with Gasteiger partial charge in [-0.1, -0.05) is 15.9 Å². The first kappa shape index (κ1) is 13.0. The van der Waals surface area contributed by atoms with Gasteiger partial charge in [0, 0.05) is 25.5 Å². The summed E-state index contributed by atoms with van der Waals surface area (Å²) < 4.78 is 32.9. The van der Waals surface area contributed by atoms with Crippen LogP contribution in [0.3, 0.4) is 0 Å². The van der Waals surface area contributed by atoms with Gasteiger partial charge in [0.05, 0.1) is 18.9 Å². The van der Waals surface area contributed by atoms with E-state index >= 15 is 0 Å². The predicted molar refractivity (Wildman–Crippen MR) is 65.5 cm³/mol. The average Bonchev–Trinajstić information content (AvgIpc) is 2.76. The van der Waals surface area contributed by atoms with E-state index in [1.165, 1.54) is 21.3 Å². The third-order valence-electron chi connectivity index (χ3n) is 2.65. The van der Waals surface area contributed by atoms with E-state index in [0.717, 1.165) is 0 Å². The Morgan fingerprint density at radius 3 is 3.00 bits per heavy atom. The summed E-state index contributed by atoms with van der Waals surface area (Å²) in [6.45, 7) is 1.18. The predicted octanol–water partition coefficient (Wildman–Crippen LogP) is 0.205. The smallest absolute Gasteiger partial charge is 0.260 e. The molecule has 17 heavy (non-hydrogen) atoms. The Kier molecular flexibility index (Phi) is 3.86. The fourth-order valence-electron chi connectivity index (χ4n) is 1.75.